The second kappa shape index (κ2) is 7.42. The van der Waals surface area contributed by atoms with E-state index in [0.717, 1.165) is 4.31 Å². The number of benzene rings is 1. The molecule has 1 aromatic rings. The van der Waals surface area contributed by atoms with Crippen LogP contribution >= 0.6 is 0 Å². The van der Waals surface area contributed by atoms with E-state index in [-0.39, 0.29) is 24.6 Å². The van der Waals surface area contributed by atoms with Crippen molar-refractivity contribution in [2.24, 2.45) is 0 Å². The van der Waals surface area contributed by atoms with Gasteiger partial charge in [-0.2, -0.15) is 4.31 Å². The molecule has 0 saturated heterocycles. The largest absolute Gasteiger partial charge is 0.465 e. The smallest absolute Gasteiger partial charge is 0.321 e. The number of ether oxygens (including phenoxy) is 1. The third-order valence-electron chi connectivity index (χ3n) is 2.96. The van der Waals surface area contributed by atoms with Gasteiger partial charge in [0.2, 0.25) is 10.0 Å². The van der Waals surface area contributed by atoms with Gasteiger partial charge in [0.1, 0.15) is 6.54 Å². The van der Waals surface area contributed by atoms with Crippen LogP contribution < -0.4 is 5.73 Å². The van der Waals surface area contributed by atoms with Crippen LogP contribution in [0.3, 0.4) is 0 Å². The predicted molar refractivity (Wildman–Crippen MR) is 81.3 cm³/mol. The molecule has 0 atom stereocenters. The third kappa shape index (κ3) is 4.44. The van der Waals surface area contributed by atoms with Crippen molar-refractivity contribution in [3.63, 3.8) is 0 Å². The summed E-state index contributed by atoms with van der Waals surface area (Å²) in [6.45, 7) is 5.46. The number of esters is 1. The Morgan fingerprint density at radius 1 is 1.33 bits per heavy atom. The summed E-state index contributed by atoms with van der Waals surface area (Å²) in [5, 5.41) is 0. The van der Waals surface area contributed by atoms with E-state index in [1.807, 2.05) is 6.92 Å². The van der Waals surface area contributed by atoms with Gasteiger partial charge < -0.3 is 10.5 Å². The van der Waals surface area contributed by atoms with E-state index in [1.165, 1.54) is 12.1 Å². The number of sulfonamides is 1. The maximum absolute atomic E-state index is 12.6. The monoisotopic (exact) mass is 314 g/mol. The molecule has 0 amide bonds. The predicted octanol–water partition coefficient (Wildman–Crippen LogP) is 1.54. The van der Waals surface area contributed by atoms with Crippen LogP contribution in [0.1, 0.15) is 25.8 Å². The highest BCUT2D eigenvalue weighted by Gasteiger charge is 2.26. The SMILES string of the molecule is CCCN(CC(=O)OCC)S(=O)(=O)c1ccc(N)c(C)c1. The molecule has 0 fully saturated rings. The molecule has 0 spiro atoms. The lowest BCUT2D eigenvalue weighted by atomic mass is 10.2. The maximum atomic E-state index is 12.6. The topological polar surface area (TPSA) is 89.7 Å². The molecule has 118 valence electrons. The molecular weight excluding hydrogens is 292 g/mol. The molecule has 6 nitrogen and oxygen atoms in total. The number of carbonyl (C=O) groups excluding carboxylic acids is 1. The fourth-order valence-electron chi connectivity index (χ4n) is 1.84. The number of carbonyl (C=O) groups is 1. The molecule has 0 saturated carbocycles. The fraction of sp³-hybridized carbons (Fsp3) is 0.500. The van der Waals surface area contributed by atoms with Gasteiger partial charge in [-0.15, -0.1) is 0 Å². The van der Waals surface area contributed by atoms with Crippen molar-refractivity contribution in [1.82, 2.24) is 4.31 Å². The van der Waals surface area contributed by atoms with Crippen LogP contribution in [-0.4, -0.2) is 38.4 Å². The van der Waals surface area contributed by atoms with Crippen LogP contribution in [0.5, 0.6) is 0 Å². The summed E-state index contributed by atoms with van der Waals surface area (Å²) < 4.78 is 31.2. The van der Waals surface area contributed by atoms with Crippen LogP contribution in [0.25, 0.3) is 0 Å². The highest BCUT2D eigenvalue weighted by molar-refractivity contribution is 7.89. The minimum atomic E-state index is -3.74. The van der Waals surface area contributed by atoms with Gasteiger partial charge in [-0.05, 0) is 44.0 Å². The zero-order valence-electron chi connectivity index (χ0n) is 12.6. The van der Waals surface area contributed by atoms with Crippen molar-refractivity contribution in [3.8, 4) is 0 Å². The number of nitrogens with zero attached hydrogens (tertiary/aromatic N) is 1. The molecule has 0 bridgehead atoms. The van der Waals surface area contributed by atoms with Crippen LogP contribution in [0, 0.1) is 6.92 Å². The number of hydrogen-bond acceptors (Lipinski definition) is 5. The Bertz CT molecular complexity index is 599. The number of hydrogen-bond donors (Lipinski definition) is 1. The molecule has 1 aromatic carbocycles. The molecule has 0 aliphatic rings. The molecule has 0 aromatic heterocycles. The maximum Gasteiger partial charge on any atom is 0.321 e. The fourth-order valence-corrected chi connectivity index (χ4v) is 3.40. The van der Waals surface area contributed by atoms with Crippen molar-refractivity contribution >= 4 is 21.7 Å². The van der Waals surface area contributed by atoms with Gasteiger partial charge in [-0.3, -0.25) is 4.79 Å². The van der Waals surface area contributed by atoms with E-state index in [0.29, 0.717) is 17.7 Å². The molecular formula is C14H22N2O4S. The van der Waals surface area contributed by atoms with Gasteiger partial charge in [0.15, 0.2) is 0 Å². The van der Waals surface area contributed by atoms with E-state index < -0.39 is 16.0 Å². The third-order valence-corrected chi connectivity index (χ3v) is 4.80. The molecule has 0 unspecified atom stereocenters. The molecule has 0 heterocycles. The molecule has 7 heteroatoms. The number of anilines is 1. The quantitative estimate of drug-likeness (QED) is 0.609. The molecule has 21 heavy (non-hydrogen) atoms. The van der Waals surface area contributed by atoms with Crippen LogP contribution in [0.4, 0.5) is 5.69 Å². The molecule has 1 rings (SSSR count). The van der Waals surface area contributed by atoms with Gasteiger partial charge >= 0.3 is 5.97 Å². The van der Waals surface area contributed by atoms with Crippen molar-refractivity contribution < 1.29 is 17.9 Å². The van der Waals surface area contributed by atoms with E-state index in [9.17, 15) is 13.2 Å². The lowest BCUT2D eigenvalue weighted by Gasteiger charge is -2.21. The van der Waals surface area contributed by atoms with Crippen molar-refractivity contribution in [3.05, 3.63) is 23.8 Å². The number of rotatable bonds is 7. The Morgan fingerprint density at radius 3 is 2.52 bits per heavy atom. The second-order valence-electron chi connectivity index (χ2n) is 4.66. The Hall–Kier alpha value is -1.60. The Balaban J connectivity index is 3.09. The minimum absolute atomic E-state index is 0.131. The zero-order valence-corrected chi connectivity index (χ0v) is 13.4. The zero-order chi connectivity index (χ0) is 16.0. The van der Waals surface area contributed by atoms with Gasteiger partial charge in [0.05, 0.1) is 11.5 Å². The molecule has 0 aliphatic heterocycles. The lowest BCUT2D eigenvalue weighted by molar-refractivity contribution is -0.143. The van der Waals surface area contributed by atoms with E-state index in [4.69, 9.17) is 10.5 Å². The average Bonchev–Trinajstić information content (AvgIpc) is 2.41. The normalized spacial score (nSPS) is 11.6. The summed E-state index contributed by atoms with van der Waals surface area (Å²) in [7, 11) is -3.74. The average molecular weight is 314 g/mol. The van der Waals surface area contributed by atoms with Gasteiger partial charge in [0, 0.05) is 12.2 Å². The van der Waals surface area contributed by atoms with Crippen molar-refractivity contribution in [1.29, 1.82) is 0 Å². The minimum Gasteiger partial charge on any atom is -0.465 e. The van der Waals surface area contributed by atoms with Crippen LogP contribution in [0.2, 0.25) is 0 Å². The van der Waals surface area contributed by atoms with E-state index in [1.54, 1.807) is 19.9 Å². The molecule has 0 radical (unpaired) electrons. The summed E-state index contributed by atoms with van der Waals surface area (Å²) in [5.41, 5.74) is 6.92. The lowest BCUT2D eigenvalue weighted by Crippen LogP contribution is -2.37. The summed E-state index contributed by atoms with van der Waals surface area (Å²) in [4.78, 5) is 11.7. The number of nitrogens with two attached hydrogens (primary N) is 1. The van der Waals surface area contributed by atoms with E-state index >= 15 is 0 Å². The number of aryl methyl sites for hydroxylation is 1. The first-order valence-electron chi connectivity index (χ1n) is 6.84. The highest BCUT2D eigenvalue weighted by atomic mass is 32.2. The van der Waals surface area contributed by atoms with Gasteiger partial charge in [-0.1, -0.05) is 6.92 Å². The standard InChI is InChI=1S/C14H22N2O4S/c1-4-8-16(10-14(17)20-5-2)21(18,19)12-6-7-13(15)11(3)9-12/h6-7,9H,4-5,8,10,15H2,1-3H3. The second-order valence-corrected chi connectivity index (χ2v) is 6.60. The van der Waals surface area contributed by atoms with Gasteiger partial charge in [0.25, 0.3) is 0 Å². The first-order valence-corrected chi connectivity index (χ1v) is 8.28. The summed E-state index contributed by atoms with van der Waals surface area (Å²) in [6, 6.07) is 4.51. The highest BCUT2D eigenvalue weighted by Crippen LogP contribution is 2.20. The number of nitrogen functional groups attached to an aromatic ring is 1. The Kier molecular flexibility index (Phi) is 6.17. The Morgan fingerprint density at radius 2 is 2.00 bits per heavy atom. The van der Waals surface area contributed by atoms with E-state index in [2.05, 4.69) is 0 Å². The van der Waals surface area contributed by atoms with Crippen LogP contribution in [0.15, 0.2) is 23.1 Å². The van der Waals surface area contributed by atoms with Crippen molar-refractivity contribution in [2.45, 2.75) is 32.1 Å². The summed E-state index contributed by atoms with van der Waals surface area (Å²) in [5.74, 6) is -0.554. The molecule has 0 aliphatic carbocycles. The first-order chi connectivity index (χ1) is 9.82. The Labute approximate surface area is 125 Å². The first kappa shape index (κ1) is 17.5. The summed E-state index contributed by atoms with van der Waals surface area (Å²) >= 11 is 0. The van der Waals surface area contributed by atoms with Crippen LogP contribution in [-0.2, 0) is 19.6 Å². The van der Waals surface area contributed by atoms with Crippen molar-refractivity contribution in [2.75, 3.05) is 25.4 Å². The molecule has 2 N–H and O–H groups in total. The van der Waals surface area contributed by atoms with Gasteiger partial charge in [-0.25, -0.2) is 8.42 Å². The summed E-state index contributed by atoms with van der Waals surface area (Å²) in [6.07, 6.45) is 0.604.